The second-order valence-electron chi connectivity index (χ2n) is 6.34. The Morgan fingerprint density at radius 3 is 2.81 bits per heavy atom. The molecule has 1 aliphatic rings. The summed E-state index contributed by atoms with van der Waals surface area (Å²) in [6.07, 6.45) is 0.533. The molecule has 0 atom stereocenters. The molecular weight excluding hydrogens is 410 g/mol. The summed E-state index contributed by atoms with van der Waals surface area (Å²) in [5.41, 5.74) is 0.477. The SMILES string of the molecule is Cc1c(Cl)cccc1S(=O)(=O)Nc1nnc(CCN2CCN(C)CC2=O)s1. The molecule has 8 nitrogen and oxygen atoms in total. The van der Waals surface area contributed by atoms with E-state index in [1.165, 1.54) is 6.07 Å². The van der Waals surface area contributed by atoms with Crippen LogP contribution < -0.4 is 4.72 Å². The van der Waals surface area contributed by atoms with E-state index in [0.717, 1.165) is 17.9 Å². The van der Waals surface area contributed by atoms with Crippen LogP contribution >= 0.6 is 22.9 Å². The highest BCUT2D eigenvalue weighted by molar-refractivity contribution is 7.93. The van der Waals surface area contributed by atoms with E-state index >= 15 is 0 Å². The highest BCUT2D eigenvalue weighted by Gasteiger charge is 2.23. The molecule has 27 heavy (non-hydrogen) atoms. The number of nitrogens with zero attached hydrogens (tertiary/aromatic N) is 4. The zero-order valence-corrected chi connectivity index (χ0v) is 17.4. The molecule has 1 aliphatic heterocycles. The van der Waals surface area contributed by atoms with Gasteiger partial charge in [-0.1, -0.05) is 29.0 Å². The molecule has 0 bridgehead atoms. The van der Waals surface area contributed by atoms with E-state index in [1.54, 1.807) is 24.0 Å². The number of sulfonamides is 1. The van der Waals surface area contributed by atoms with Gasteiger partial charge < -0.3 is 4.90 Å². The first-order valence-corrected chi connectivity index (χ1v) is 11.0. The smallest absolute Gasteiger partial charge is 0.264 e. The number of piperazine rings is 1. The number of anilines is 1. The summed E-state index contributed by atoms with van der Waals surface area (Å²) >= 11 is 7.17. The molecule has 1 N–H and O–H groups in total. The summed E-state index contributed by atoms with van der Waals surface area (Å²) in [6, 6.07) is 4.71. The van der Waals surface area contributed by atoms with Gasteiger partial charge in [-0.25, -0.2) is 8.42 Å². The summed E-state index contributed by atoms with van der Waals surface area (Å²) in [5, 5.41) is 9.17. The summed E-state index contributed by atoms with van der Waals surface area (Å²) in [6.45, 7) is 4.13. The molecule has 0 aliphatic carbocycles. The first-order chi connectivity index (χ1) is 12.8. The summed E-state index contributed by atoms with van der Waals surface area (Å²) in [5.74, 6) is 0.0885. The van der Waals surface area contributed by atoms with E-state index < -0.39 is 10.0 Å². The van der Waals surface area contributed by atoms with Crippen molar-refractivity contribution in [3.63, 3.8) is 0 Å². The Balaban J connectivity index is 1.64. The number of likely N-dealkylation sites (N-methyl/N-ethyl adjacent to an activating group) is 1. The summed E-state index contributed by atoms with van der Waals surface area (Å²) in [7, 11) is -1.88. The van der Waals surface area contributed by atoms with E-state index in [9.17, 15) is 13.2 Å². The minimum absolute atomic E-state index is 0.0885. The van der Waals surface area contributed by atoms with Gasteiger partial charge in [0.25, 0.3) is 10.0 Å². The van der Waals surface area contributed by atoms with Gasteiger partial charge in [0.1, 0.15) is 5.01 Å². The average molecular weight is 430 g/mol. The van der Waals surface area contributed by atoms with Gasteiger partial charge in [-0.15, -0.1) is 10.2 Å². The van der Waals surface area contributed by atoms with Gasteiger partial charge in [0, 0.05) is 31.1 Å². The standard InChI is InChI=1S/C16H20ClN5O3S2/c1-11-12(17)4-3-5-13(11)27(24,25)20-16-19-18-14(26-16)6-7-22-9-8-21(2)10-15(22)23/h3-5H,6-10H2,1-2H3,(H,19,20). The predicted octanol–water partition coefficient (Wildman–Crippen LogP) is 1.62. The topological polar surface area (TPSA) is 95.5 Å². The number of nitrogens with one attached hydrogen (secondary N) is 1. The molecule has 146 valence electrons. The van der Waals surface area contributed by atoms with E-state index in [2.05, 4.69) is 14.9 Å². The minimum Gasteiger partial charge on any atom is -0.340 e. The van der Waals surface area contributed by atoms with Crippen LogP contribution in [0.2, 0.25) is 5.02 Å². The molecule has 11 heteroatoms. The van der Waals surface area contributed by atoms with E-state index in [4.69, 9.17) is 11.6 Å². The van der Waals surface area contributed by atoms with Crippen LogP contribution in [0, 0.1) is 6.92 Å². The second kappa shape index (κ2) is 8.09. The van der Waals surface area contributed by atoms with Crippen LogP contribution in [-0.2, 0) is 21.2 Å². The summed E-state index contributed by atoms with van der Waals surface area (Å²) < 4.78 is 27.6. The zero-order chi connectivity index (χ0) is 19.6. The molecule has 1 amide bonds. The number of rotatable bonds is 6. The van der Waals surface area contributed by atoms with Gasteiger partial charge in [-0.3, -0.25) is 14.4 Å². The molecule has 0 spiro atoms. The molecule has 0 unspecified atom stereocenters. The number of carbonyl (C=O) groups excluding carboxylic acids is 1. The highest BCUT2D eigenvalue weighted by atomic mass is 35.5. The van der Waals surface area contributed by atoms with Crippen molar-refractivity contribution >= 4 is 44.0 Å². The van der Waals surface area contributed by atoms with Gasteiger partial charge in [0.2, 0.25) is 11.0 Å². The average Bonchev–Trinajstić information content (AvgIpc) is 3.03. The van der Waals surface area contributed by atoms with E-state index in [0.29, 0.717) is 41.6 Å². The number of hydrogen-bond donors (Lipinski definition) is 1. The molecule has 1 aromatic heterocycles. The van der Waals surface area contributed by atoms with Crippen molar-refractivity contribution in [1.82, 2.24) is 20.0 Å². The maximum atomic E-state index is 12.6. The molecule has 1 aromatic carbocycles. The Labute approximate surface area is 167 Å². The lowest BCUT2D eigenvalue weighted by Gasteiger charge is -2.31. The lowest BCUT2D eigenvalue weighted by atomic mass is 10.2. The van der Waals surface area contributed by atoms with Crippen LogP contribution in [0.3, 0.4) is 0 Å². The third kappa shape index (κ3) is 4.75. The van der Waals surface area contributed by atoms with Gasteiger partial charge in [0.15, 0.2) is 0 Å². The Kier molecular flexibility index (Phi) is 5.99. The van der Waals surface area contributed by atoms with Crippen LogP contribution in [0.1, 0.15) is 10.6 Å². The van der Waals surface area contributed by atoms with Crippen LogP contribution in [0.15, 0.2) is 23.1 Å². The highest BCUT2D eigenvalue weighted by Crippen LogP contribution is 2.26. The fourth-order valence-corrected chi connectivity index (χ4v) is 5.20. The van der Waals surface area contributed by atoms with Crippen LogP contribution in [0.4, 0.5) is 5.13 Å². The molecule has 0 saturated carbocycles. The summed E-state index contributed by atoms with van der Waals surface area (Å²) in [4.78, 5) is 15.9. The molecule has 2 aromatic rings. The number of halogens is 1. The normalized spacial score (nSPS) is 16.0. The second-order valence-corrected chi connectivity index (χ2v) is 9.46. The quantitative estimate of drug-likeness (QED) is 0.749. The van der Waals surface area contributed by atoms with E-state index in [-0.39, 0.29) is 15.9 Å². The number of hydrogen-bond acceptors (Lipinski definition) is 7. The minimum atomic E-state index is -3.80. The van der Waals surface area contributed by atoms with Gasteiger partial charge in [0.05, 0.1) is 11.4 Å². The number of amides is 1. The van der Waals surface area contributed by atoms with Crippen molar-refractivity contribution < 1.29 is 13.2 Å². The van der Waals surface area contributed by atoms with Crippen LogP contribution in [0.5, 0.6) is 0 Å². The molecule has 3 rings (SSSR count). The lowest BCUT2D eigenvalue weighted by molar-refractivity contribution is -0.135. The monoisotopic (exact) mass is 429 g/mol. The lowest BCUT2D eigenvalue weighted by Crippen LogP contribution is -2.49. The predicted molar refractivity (Wildman–Crippen MR) is 105 cm³/mol. The van der Waals surface area contributed by atoms with Gasteiger partial charge in [-0.2, -0.15) is 0 Å². The number of aromatic nitrogens is 2. The number of benzene rings is 1. The first-order valence-electron chi connectivity index (χ1n) is 8.33. The van der Waals surface area contributed by atoms with Gasteiger partial charge in [-0.05, 0) is 31.7 Å². The van der Waals surface area contributed by atoms with Gasteiger partial charge >= 0.3 is 0 Å². The third-order valence-corrected chi connectivity index (χ3v) is 7.22. The van der Waals surface area contributed by atoms with Crippen molar-refractivity contribution in [2.24, 2.45) is 0 Å². The fourth-order valence-electron chi connectivity index (χ4n) is 2.74. The molecule has 2 heterocycles. The first kappa shape index (κ1) is 20.0. The number of carbonyl (C=O) groups is 1. The fraction of sp³-hybridized carbons (Fsp3) is 0.438. The molecule has 1 fully saturated rings. The Morgan fingerprint density at radius 2 is 2.07 bits per heavy atom. The van der Waals surface area contributed by atoms with Crippen molar-refractivity contribution in [2.75, 3.05) is 37.9 Å². The third-order valence-electron chi connectivity index (χ3n) is 4.30. The van der Waals surface area contributed by atoms with Crippen molar-refractivity contribution in [3.8, 4) is 0 Å². The van der Waals surface area contributed by atoms with E-state index in [1.807, 2.05) is 11.9 Å². The zero-order valence-electron chi connectivity index (χ0n) is 15.0. The molecular formula is C16H20ClN5O3S2. The van der Waals surface area contributed by atoms with Crippen molar-refractivity contribution in [3.05, 3.63) is 33.8 Å². The van der Waals surface area contributed by atoms with Crippen molar-refractivity contribution in [1.29, 1.82) is 0 Å². The van der Waals surface area contributed by atoms with Crippen LogP contribution in [-0.4, -0.2) is 67.5 Å². The Bertz CT molecular complexity index is 947. The maximum absolute atomic E-state index is 12.6. The van der Waals surface area contributed by atoms with Crippen molar-refractivity contribution in [2.45, 2.75) is 18.2 Å². The molecule has 1 saturated heterocycles. The maximum Gasteiger partial charge on any atom is 0.264 e. The largest absolute Gasteiger partial charge is 0.340 e. The Morgan fingerprint density at radius 1 is 1.30 bits per heavy atom. The molecule has 0 radical (unpaired) electrons. The van der Waals surface area contributed by atoms with Crippen LogP contribution in [0.25, 0.3) is 0 Å². The Hall–Kier alpha value is -1.75.